The number of aromatic amines is 1. The Morgan fingerprint density at radius 1 is 1.21 bits per heavy atom. The number of aromatic nitrogens is 1. The Labute approximate surface area is 190 Å². The zero-order chi connectivity index (χ0) is 23.3. The van der Waals surface area contributed by atoms with E-state index in [0.29, 0.717) is 31.8 Å². The molecule has 1 saturated heterocycles. The van der Waals surface area contributed by atoms with Gasteiger partial charge in [-0.3, -0.25) is 9.69 Å². The maximum Gasteiger partial charge on any atom is 0.222 e. The third kappa shape index (κ3) is 3.48. The molecule has 1 fully saturated rings. The lowest BCUT2D eigenvalue weighted by molar-refractivity contribution is -0.140. The van der Waals surface area contributed by atoms with Crippen LogP contribution in [0.2, 0.25) is 0 Å². The fourth-order valence-corrected chi connectivity index (χ4v) is 5.50. The number of halogens is 2. The molecule has 1 spiro atoms. The molecule has 1 amide bonds. The molecule has 6 nitrogen and oxygen atoms in total. The van der Waals surface area contributed by atoms with Crippen molar-refractivity contribution in [2.24, 2.45) is 0 Å². The van der Waals surface area contributed by atoms with Gasteiger partial charge < -0.3 is 19.7 Å². The molecule has 3 aromatic rings. The molecule has 0 bridgehead atoms. The van der Waals surface area contributed by atoms with Crippen LogP contribution < -0.4 is 4.74 Å². The highest BCUT2D eigenvalue weighted by Gasteiger charge is 2.53. The standard InChI is InChI=1S/C25H27F2N3O3/c1-3-22(32)30-13-25(14-30)12-29(10-15-8-16(26)4-7-19(15)27)21(11-31)24-23(25)18-6-5-17(33-2)9-20(18)28-24/h4-9,21,28,31H,3,10-14H2,1-2H3/t21-/m1/s1. The molecule has 5 rings (SSSR count). The average Bonchev–Trinajstić information content (AvgIpc) is 3.17. The molecular weight excluding hydrogens is 428 g/mol. The number of benzene rings is 2. The summed E-state index contributed by atoms with van der Waals surface area (Å²) in [5, 5.41) is 11.4. The Kier molecular flexibility index (Phi) is 5.37. The highest BCUT2D eigenvalue weighted by molar-refractivity contribution is 5.89. The van der Waals surface area contributed by atoms with Crippen LogP contribution in [0.5, 0.6) is 5.75 Å². The van der Waals surface area contributed by atoms with E-state index < -0.39 is 17.7 Å². The van der Waals surface area contributed by atoms with Crippen LogP contribution in [0.15, 0.2) is 36.4 Å². The second-order valence-electron chi connectivity index (χ2n) is 9.05. The highest BCUT2D eigenvalue weighted by Crippen LogP contribution is 2.49. The summed E-state index contributed by atoms with van der Waals surface area (Å²) in [7, 11) is 1.61. The summed E-state index contributed by atoms with van der Waals surface area (Å²) in [5.74, 6) is -0.174. The van der Waals surface area contributed by atoms with Crippen LogP contribution in [-0.2, 0) is 16.8 Å². The third-order valence-electron chi connectivity index (χ3n) is 7.04. The predicted octanol–water partition coefficient (Wildman–Crippen LogP) is 3.49. The molecule has 33 heavy (non-hydrogen) atoms. The second kappa shape index (κ2) is 8.11. The lowest BCUT2D eigenvalue weighted by Gasteiger charge is -2.56. The van der Waals surface area contributed by atoms with Crippen molar-refractivity contribution in [2.75, 3.05) is 33.4 Å². The van der Waals surface area contributed by atoms with Crippen molar-refractivity contribution >= 4 is 16.8 Å². The largest absolute Gasteiger partial charge is 0.497 e. The minimum absolute atomic E-state index is 0.0932. The molecule has 0 aliphatic carbocycles. The van der Waals surface area contributed by atoms with Gasteiger partial charge in [0.05, 0.1) is 19.8 Å². The van der Waals surface area contributed by atoms with Gasteiger partial charge in [0.1, 0.15) is 17.4 Å². The number of nitrogens with zero attached hydrogens (tertiary/aromatic N) is 2. The van der Waals surface area contributed by atoms with Crippen LogP contribution in [0.4, 0.5) is 8.78 Å². The first-order valence-corrected chi connectivity index (χ1v) is 11.2. The number of fused-ring (bicyclic) bond motifs is 4. The van der Waals surface area contributed by atoms with E-state index in [1.165, 1.54) is 6.07 Å². The lowest BCUT2D eigenvalue weighted by atomic mass is 9.68. The predicted molar refractivity (Wildman–Crippen MR) is 120 cm³/mol. The van der Waals surface area contributed by atoms with Crippen molar-refractivity contribution in [3.63, 3.8) is 0 Å². The van der Waals surface area contributed by atoms with Gasteiger partial charge in [-0.15, -0.1) is 0 Å². The number of ether oxygens (including phenoxy) is 1. The van der Waals surface area contributed by atoms with E-state index in [4.69, 9.17) is 4.74 Å². The molecule has 8 heteroatoms. The number of nitrogens with one attached hydrogen (secondary N) is 1. The Hall–Kier alpha value is -2.97. The first-order valence-electron chi connectivity index (χ1n) is 11.2. The third-order valence-corrected chi connectivity index (χ3v) is 7.04. The van der Waals surface area contributed by atoms with E-state index >= 15 is 0 Å². The number of hydrogen-bond donors (Lipinski definition) is 2. The van der Waals surface area contributed by atoms with Crippen molar-refractivity contribution in [1.29, 1.82) is 0 Å². The van der Waals surface area contributed by atoms with Gasteiger partial charge in [0.15, 0.2) is 0 Å². The number of amides is 1. The van der Waals surface area contributed by atoms with E-state index in [-0.39, 0.29) is 30.0 Å². The second-order valence-corrected chi connectivity index (χ2v) is 9.05. The zero-order valence-corrected chi connectivity index (χ0v) is 18.7. The number of carbonyl (C=O) groups is 1. The van der Waals surface area contributed by atoms with Crippen LogP contribution in [-0.4, -0.2) is 59.1 Å². The van der Waals surface area contributed by atoms with E-state index in [0.717, 1.165) is 34.3 Å². The first kappa shape index (κ1) is 21.9. The topological polar surface area (TPSA) is 68.8 Å². The van der Waals surface area contributed by atoms with Crippen LogP contribution >= 0.6 is 0 Å². The van der Waals surface area contributed by atoms with Crippen LogP contribution in [0, 0.1) is 11.6 Å². The molecular formula is C25H27F2N3O3. The molecule has 2 aromatic carbocycles. The lowest BCUT2D eigenvalue weighted by Crippen LogP contribution is -2.67. The molecule has 2 aliphatic rings. The average molecular weight is 456 g/mol. The van der Waals surface area contributed by atoms with Gasteiger partial charge in [0.25, 0.3) is 0 Å². The quantitative estimate of drug-likeness (QED) is 0.618. The van der Waals surface area contributed by atoms with Gasteiger partial charge in [-0.25, -0.2) is 8.78 Å². The Morgan fingerprint density at radius 3 is 2.70 bits per heavy atom. The number of aliphatic hydroxyl groups is 1. The normalized spacial score (nSPS) is 19.5. The highest BCUT2D eigenvalue weighted by atomic mass is 19.1. The maximum absolute atomic E-state index is 14.5. The number of rotatable bonds is 5. The van der Waals surface area contributed by atoms with E-state index in [9.17, 15) is 18.7 Å². The summed E-state index contributed by atoms with van der Waals surface area (Å²) in [6.07, 6.45) is 0.436. The SMILES string of the molecule is CCC(=O)N1CC2(C1)CN(Cc1cc(F)ccc1F)[C@H](CO)c1[nH]c3cc(OC)ccc3c12. The summed E-state index contributed by atoms with van der Waals surface area (Å²) >= 11 is 0. The first-order chi connectivity index (χ1) is 15.9. The maximum atomic E-state index is 14.5. The van der Waals surface area contributed by atoms with Crippen molar-refractivity contribution in [3.8, 4) is 5.75 Å². The van der Waals surface area contributed by atoms with Crippen LogP contribution in [0.25, 0.3) is 10.9 Å². The van der Waals surface area contributed by atoms with E-state index in [1.54, 1.807) is 7.11 Å². The fourth-order valence-electron chi connectivity index (χ4n) is 5.50. The smallest absolute Gasteiger partial charge is 0.222 e. The number of likely N-dealkylation sites (tertiary alicyclic amines) is 1. The number of methoxy groups -OCH3 is 1. The molecule has 174 valence electrons. The van der Waals surface area contributed by atoms with Gasteiger partial charge in [-0.1, -0.05) is 6.92 Å². The monoisotopic (exact) mass is 455 g/mol. The number of aliphatic hydroxyl groups excluding tert-OH is 1. The summed E-state index contributed by atoms with van der Waals surface area (Å²) in [6, 6.07) is 8.84. The number of hydrogen-bond acceptors (Lipinski definition) is 4. The number of carbonyl (C=O) groups excluding carboxylic acids is 1. The summed E-state index contributed by atoms with van der Waals surface area (Å²) in [4.78, 5) is 19.6. The minimum Gasteiger partial charge on any atom is -0.497 e. The Bertz CT molecular complexity index is 1220. The summed E-state index contributed by atoms with van der Waals surface area (Å²) < 4.78 is 33.7. The van der Waals surface area contributed by atoms with Gasteiger partial charge in [0, 0.05) is 66.2 Å². The molecule has 0 radical (unpaired) electrons. The molecule has 2 N–H and O–H groups in total. The summed E-state index contributed by atoms with van der Waals surface area (Å²) in [5.41, 5.74) is 2.72. The molecule has 0 unspecified atom stereocenters. The number of H-pyrrole nitrogens is 1. The fraction of sp³-hybridized carbons (Fsp3) is 0.400. The molecule has 1 aromatic heterocycles. The minimum atomic E-state index is -0.500. The molecule has 1 atom stereocenters. The van der Waals surface area contributed by atoms with Crippen LogP contribution in [0.3, 0.4) is 0 Å². The van der Waals surface area contributed by atoms with Crippen molar-refractivity contribution < 1.29 is 23.4 Å². The zero-order valence-electron chi connectivity index (χ0n) is 18.7. The van der Waals surface area contributed by atoms with E-state index in [2.05, 4.69) is 4.98 Å². The molecule has 0 saturated carbocycles. The van der Waals surface area contributed by atoms with Crippen molar-refractivity contribution in [3.05, 3.63) is 64.9 Å². The van der Waals surface area contributed by atoms with Gasteiger partial charge in [-0.05, 0) is 35.9 Å². The van der Waals surface area contributed by atoms with Gasteiger partial charge in [-0.2, -0.15) is 0 Å². The van der Waals surface area contributed by atoms with Crippen molar-refractivity contribution in [2.45, 2.75) is 31.3 Å². The van der Waals surface area contributed by atoms with Gasteiger partial charge >= 0.3 is 0 Å². The van der Waals surface area contributed by atoms with E-state index in [1.807, 2.05) is 34.9 Å². The van der Waals surface area contributed by atoms with Crippen molar-refractivity contribution in [1.82, 2.24) is 14.8 Å². The molecule has 3 heterocycles. The summed E-state index contributed by atoms with van der Waals surface area (Å²) in [6.45, 7) is 3.43. The molecule has 2 aliphatic heterocycles. The Morgan fingerprint density at radius 2 is 2.00 bits per heavy atom. The Balaban J connectivity index is 1.61. The van der Waals surface area contributed by atoms with Gasteiger partial charge in [0.2, 0.25) is 5.91 Å². The van der Waals surface area contributed by atoms with Crippen LogP contribution in [0.1, 0.15) is 36.2 Å².